The Labute approximate surface area is 169 Å². The number of nitrogens with zero attached hydrogens (tertiary/aromatic N) is 1. The van der Waals surface area contributed by atoms with E-state index in [1.807, 2.05) is 60.7 Å². The lowest BCUT2D eigenvalue weighted by molar-refractivity contribution is 0.102. The number of carbonyl (C=O) groups is 1. The van der Waals surface area contributed by atoms with Gasteiger partial charge in [-0.1, -0.05) is 31.5 Å². The summed E-state index contributed by atoms with van der Waals surface area (Å²) in [5.41, 5.74) is 3.52. The summed E-state index contributed by atoms with van der Waals surface area (Å²) in [5.74, 6) is 1.14. The second kappa shape index (κ2) is 8.61. The minimum Gasteiger partial charge on any atom is -0.494 e. The maximum Gasteiger partial charge on any atom is 0.255 e. The first-order valence-electron chi connectivity index (χ1n) is 9.73. The molecule has 0 unspecified atom stereocenters. The quantitative estimate of drug-likeness (QED) is 0.400. The zero-order valence-electron chi connectivity index (χ0n) is 16.2. The van der Waals surface area contributed by atoms with E-state index in [1.165, 1.54) is 0 Å². The molecule has 5 heteroatoms. The maximum atomic E-state index is 12.6. The van der Waals surface area contributed by atoms with Crippen molar-refractivity contribution < 1.29 is 13.9 Å². The highest BCUT2D eigenvalue weighted by molar-refractivity contribution is 6.05. The number of anilines is 1. The lowest BCUT2D eigenvalue weighted by Crippen LogP contribution is -2.11. The number of ether oxygens (including phenoxy) is 1. The van der Waals surface area contributed by atoms with E-state index in [-0.39, 0.29) is 5.91 Å². The Bertz CT molecular complexity index is 1100. The highest BCUT2D eigenvalue weighted by atomic mass is 16.5. The number of nitrogens with one attached hydrogen (secondary N) is 1. The zero-order valence-corrected chi connectivity index (χ0v) is 16.2. The van der Waals surface area contributed by atoms with Gasteiger partial charge >= 0.3 is 0 Å². The zero-order chi connectivity index (χ0) is 20.1. The van der Waals surface area contributed by atoms with Gasteiger partial charge in [0.05, 0.1) is 6.61 Å². The van der Waals surface area contributed by atoms with Crippen LogP contribution in [0, 0.1) is 0 Å². The van der Waals surface area contributed by atoms with Crippen molar-refractivity contribution in [1.29, 1.82) is 0 Å². The fraction of sp³-hybridized carbons (Fsp3) is 0.167. The largest absolute Gasteiger partial charge is 0.494 e. The molecule has 0 spiro atoms. The van der Waals surface area contributed by atoms with Crippen molar-refractivity contribution in [2.24, 2.45) is 0 Å². The minimum atomic E-state index is -0.184. The lowest BCUT2D eigenvalue weighted by Gasteiger charge is -2.07. The molecule has 1 amide bonds. The van der Waals surface area contributed by atoms with Gasteiger partial charge in [-0.3, -0.25) is 4.79 Å². The van der Waals surface area contributed by atoms with Crippen molar-refractivity contribution >= 4 is 22.7 Å². The van der Waals surface area contributed by atoms with Crippen molar-refractivity contribution in [3.63, 3.8) is 0 Å². The van der Waals surface area contributed by atoms with Crippen molar-refractivity contribution in [2.75, 3.05) is 11.9 Å². The molecule has 1 aromatic heterocycles. The highest BCUT2D eigenvalue weighted by Gasteiger charge is 2.11. The van der Waals surface area contributed by atoms with Gasteiger partial charge in [0.2, 0.25) is 5.89 Å². The molecule has 0 aliphatic heterocycles. The standard InChI is InChI=1S/C24H22N2O3/c1-2-3-15-28-20-12-9-17(10-13-20)23(27)25-19-11-14-22-21(16-19)26-24(29-22)18-7-5-4-6-8-18/h4-14,16H,2-3,15H2,1H3,(H,25,27). The first kappa shape index (κ1) is 18.7. The predicted molar refractivity (Wildman–Crippen MR) is 114 cm³/mol. The SMILES string of the molecule is CCCCOc1ccc(C(=O)Nc2ccc3oc(-c4ccccc4)nc3c2)cc1. The van der Waals surface area contributed by atoms with Gasteiger partial charge in [0.1, 0.15) is 11.3 Å². The Morgan fingerprint density at radius 1 is 1.03 bits per heavy atom. The molecule has 1 heterocycles. The van der Waals surface area contributed by atoms with E-state index in [4.69, 9.17) is 9.15 Å². The van der Waals surface area contributed by atoms with Crippen LogP contribution >= 0.6 is 0 Å². The third-order valence-corrected chi connectivity index (χ3v) is 4.55. The average Bonchev–Trinajstić information content (AvgIpc) is 3.18. The third kappa shape index (κ3) is 4.46. The Hall–Kier alpha value is -3.60. The van der Waals surface area contributed by atoms with Gasteiger partial charge in [-0.25, -0.2) is 4.98 Å². The van der Waals surface area contributed by atoms with Gasteiger partial charge in [-0.15, -0.1) is 0 Å². The minimum absolute atomic E-state index is 0.184. The van der Waals surface area contributed by atoms with Crippen LogP contribution < -0.4 is 10.1 Å². The molecule has 0 aliphatic carbocycles. The molecule has 4 aromatic rings. The van der Waals surface area contributed by atoms with Crippen LogP contribution in [0.5, 0.6) is 5.75 Å². The van der Waals surface area contributed by atoms with E-state index in [2.05, 4.69) is 17.2 Å². The molecule has 4 rings (SSSR count). The summed E-state index contributed by atoms with van der Waals surface area (Å²) in [6.45, 7) is 2.81. The molecule has 146 valence electrons. The summed E-state index contributed by atoms with van der Waals surface area (Å²) in [6, 6.07) is 22.3. The average molecular weight is 386 g/mol. The maximum absolute atomic E-state index is 12.6. The summed E-state index contributed by atoms with van der Waals surface area (Å²) in [5, 5.41) is 2.91. The molecular weight excluding hydrogens is 364 g/mol. The molecule has 0 atom stereocenters. The third-order valence-electron chi connectivity index (χ3n) is 4.55. The first-order chi connectivity index (χ1) is 14.2. The summed E-state index contributed by atoms with van der Waals surface area (Å²) < 4.78 is 11.5. The number of hydrogen-bond donors (Lipinski definition) is 1. The summed E-state index contributed by atoms with van der Waals surface area (Å²) in [4.78, 5) is 17.1. The molecule has 0 fully saturated rings. The van der Waals surface area contributed by atoms with Gasteiger partial charge in [-0.2, -0.15) is 0 Å². The highest BCUT2D eigenvalue weighted by Crippen LogP contribution is 2.26. The summed E-state index contributed by atoms with van der Waals surface area (Å²) in [7, 11) is 0. The number of unbranched alkanes of at least 4 members (excludes halogenated alkanes) is 1. The number of oxazole rings is 1. The van der Waals surface area contributed by atoms with Gasteiger partial charge in [0, 0.05) is 16.8 Å². The van der Waals surface area contributed by atoms with Crippen LogP contribution in [-0.4, -0.2) is 17.5 Å². The van der Waals surface area contributed by atoms with Crippen LogP contribution in [0.4, 0.5) is 5.69 Å². The van der Waals surface area contributed by atoms with E-state index in [1.54, 1.807) is 12.1 Å². The second-order valence-electron chi connectivity index (χ2n) is 6.75. The number of aromatic nitrogens is 1. The van der Waals surface area contributed by atoms with Crippen LogP contribution in [-0.2, 0) is 0 Å². The number of fused-ring (bicyclic) bond motifs is 1. The van der Waals surface area contributed by atoms with Crippen LogP contribution in [0.1, 0.15) is 30.1 Å². The molecule has 0 saturated carbocycles. The topological polar surface area (TPSA) is 64.4 Å². The van der Waals surface area contributed by atoms with Crippen molar-refractivity contribution in [2.45, 2.75) is 19.8 Å². The van der Waals surface area contributed by atoms with Crippen LogP contribution in [0.25, 0.3) is 22.6 Å². The Morgan fingerprint density at radius 2 is 1.83 bits per heavy atom. The fourth-order valence-electron chi connectivity index (χ4n) is 2.95. The number of amides is 1. The smallest absolute Gasteiger partial charge is 0.255 e. The number of rotatable bonds is 7. The van der Waals surface area contributed by atoms with E-state index in [0.29, 0.717) is 34.8 Å². The molecule has 1 N–H and O–H groups in total. The Morgan fingerprint density at radius 3 is 2.59 bits per heavy atom. The van der Waals surface area contributed by atoms with Crippen molar-refractivity contribution in [1.82, 2.24) is 4.98 Å². The molecule has 0 saturated heterocycles. The summed E-state index contributed by atoms with van der Waals surface area (Å²) >= 11 is 0. The van der Waals surface area contributed by atoms with Crippen LogP contribution in [0.3, 0.4) is 0 Å². The van der Waals surface area contributed by atoms with E-state index in [9.17, 15) is 4.79 Å². The van der Waals surface area contributed by atoms with Gasteiger partial charge in [0.25, 0.3) is 5.91 Å². The molecule has 29 heavy (non-hydrogen) atoms. The number of hydrogen-bond acceptors (Lipinski definition) is 4. The van der Waals surface area contributed by atoms with E-state index >= 15 is 0 Å². The normalized spacial score (nSPS) is 10.8. The summed E-state index contributed by atoms with van der Waals surface area (Å²) in [6.07, 6.45) is 2.10. The number of benzene rings is 3. The Balaban J connectivity index is 1.46. The van der Waals surface area contributed by atoms with E-state index < -0.39 is 0 Å². The van der Waals surface area contributed by atoms with Gasteiger partial charge < -0.3 is 14.5 Å². The Kier molecular flexibility index (Phi) is 5.56. The van der Waals surface area contributed by atoms with Gasteiger partial charge in [0.15, 0.2) is 5.58 Å². The molecular formula is C24H22N2O3. The second-order valence-corrected chi connectivity index (χ2v) is 6.75. The molecule has 0 aliphatic rings. The van der Waals surface area contributed by atoms with Gasteiger partial charge in [-0.05, 0) is 61.0 Å². The van der Waals surface area contributed by atoms with Crippen molar-refractivity contribution in [3.8, 4) is 17.2 Å². The molecule has 0 bridgehead atoms. The molecule has 5 nitrogen and oxygen atoms in total. The van der Waals surface area contributed by atoms with E-state index in [0.717, 1.165) is 24.2 Å². The lowest BCUT2D eigenvalue weighted by atomic mass is 10.2. The van der Waals surface area contributed by atoms with Crippen LogP contribution in [0.2, 0.25) is 0 Å². The predicted octanol–water partition coefficient (Wildman–Crippen LogP) is 5.93. The molecule has 0 radical (unpaired) electrons. The van der Waals surface area contributed by atoms with Crippen molar-refractivity contribution in [3.05, 3.63) is 78.4 Å². The monoisotopic (exact) mass is 386 g/mol. The van der Waals surface area contributed by atoms with Crippen LogP contribution in [0.15, 0.2) is 77.2 Å². The number of carbonyl (C=O) groups excluding carboxylic acids is 1. The first-order valence-corrected chi connectivity index (χ1v) is 9.73. The molecule has 3 aromatic carbocycles. The fourth-order valence-corrected chi connectivity index (χ4v) is 2.95.